The van der Waals surface area contributed by atoms with Crippen molar-refractivity contribution in [2.24, 2.45) is 0 Å². The minimum Gasteiger partial charge on any atom is -0.449 e. The average molecular weight is 280 g/mol. The molecule has 1 saturated carbocycles. The number of hydrogen-bond acceptors (Lipinski definition) is 4. The second kappa shape index (κ2) is 5.48. The number of esters is 1. The van der Waals surface area contributed by atoms with Crippen molar-refractivity contribution >= 4 is 17.6 Å². The zero-order valence-electron chi connectivity index (χ0n) is 11.4. The Labute approximate surface area is 116 Å². The van der Waals surface area contributed by atoms with Crippen LogP contribution in [-0.4, -0.2) is 24.0 Å². The fourth-order valence-electron chi connectivity index (χ4n) is 1.77. The lowest BCUT2D eigenvalue weighted by Gasteiger charge is -2.14. The SMILES string of the molecule is Cc1cc(N)cc(C(=O)OC(C)C(=O)NC2CC2)c1F. The molecular weight excluding hydrogens is 263 g/mol. The highest BCUT2D eigenvalue weighted by Gasteiger charge is 2.28. The maximum atomic E-state index is 13.8. The van der Waals surface area contributed by atoms with E-state index in [2.05, 4.69) is 5.32 Å². The first-order valence-corrected chi connectivity index (χ1v) is 6.45. The number of aryl methyl sites for hydroxylation is 1. The molecule has 1 aliphatic rings. The molecule has 0 radical (unpaired) electrons. The molecule has 0 heterocycles. The lowest BCUT2D eigenvalue weighted by atomic mass is 10.1. The molecule has 0 bridgehead atoms. The summed E-state index contributed by atoms with van der Waals surface area (Å²) in [7, 11) is 0. The Kier molecular flexibility index (Phi) is 3.92. The molecule has 0 aromatic heterocycles. The summed E-state index contributed by atoms with van der Waals surface area (Å²) in [5, 5.41) is 2.71. The van der Waals surface area contributed by atoms with Crippen molar-refractivity contribution in [2.75, 3.05) is 5.73 Å². The summed E-state index contributed by atoms with van der Waals surface area (Å²) in [6, 6.07) is 2.81. The van der Waals surface area contributed by atoms with Gasteiger partial charge in [0.2, 0.25) is 0 Å². The number of ether oxygens (including phenoxy) is 1. The van der Waals surface area contributed by atoms with Crippen molar-refractivity contribution < 1.29 is 18.7 Å². The standard InChI is InChI=1S/C14H17FN2O3/c1-7-5-9(16)6-11(12(7)15)14(19)20-8(2)13(18)17-10-3-4-10/h5-6,8,10H,3-4,16H2,1-2H3,(H,17,18). The molecule has 1 fully saturated rings. The van der Waals surface area contributed by atoms with Crippen molar-refractivity contribution in [1.29, 1.82) is 0 Å². The number of anilines is 1. The summed E-state index contributed by atoms with van der Waals surface area (Å²) in [5.41, 5.74) is 5.85. The largest absolute Gasteiger partial charge is 0.449 e. The highest BCUT2D eigenvalue weighted by Crippen LogP contribution is 2.20. The van der Waals surface area contributed by atoms with Crippen molar-refractivity contribution in [3.8, 4) is 0 Å². The van der Waals surface area contributed by atoms with E-state index in [9.17, 15) is 14.0 Å². The zero-order chi connectivity index (χ0) is 14.9. The van der Waals surface area contributed by atoms with E-state index in [0.29, 0.717) is 0 Å². The van der Waals surface area contributed by atoms with E-state index in [1.165, 1.54) is 26.0 Å². The fourth-order valence-corrected chi connectivity index (χ4v) is 1.77. The Balaban J connectivity index is 2.05. The monoisotopic (exact) mass is 280 g/mol. The van der Waals surface area contributed by atoms with Gasteiger partial charge in [0.05, 0.1) is 5.56 Å². The third-order valence-corrected chi connectivity index (χ3v) is 3.07. The van der Waals surface area contributed by atoms with Gasteiger partial charge in [0, 0.05) is 11.7 Å². The minimum absolute atomic E-state index is 0.176. The van der Waals surface area contributed by atoms with Gasteiger partial charge >= 0.3 is 5.97 Å². The molecule has 1 aliphatic carbocycles. The number of rotatable bonds is 4. The van der Waals surface area contributed by atoms with E-state index in [1.807, 2.05) is 0 Å². The van der Waals surface area contributed by atoms with Gasteiger partial charge in [0.25, 0.3) is 5.91 Å². The Morgan fingerprint density at radius 1 is 1.45 bits per heavy atom. The summed E-state index contributed by atoms with van der Waals surface area (Å²) in [4.78, 5) is 23.6. The molecule has 1 atom stereocenters. The van der Waals surface area contributed by atoms with Crippen LogP contribution < -0.4 is 11.1 Å². The first-order chi connectivity index (χ1) is 9.38. The molecule has 20 heavy (non-hydrogen) atoms. The Bertz CT molecular complexity index is 556. The molecule has 1 amide bonds. The number of nitrogens with one attached hydrogen (secondary N) is 1. The molecule has 6 heteroatoms. The van der Waals surface area contributed by atoms with Crippen LogP contribution in [0.3, 0.4) is 0 Å². The van der Waals surface area contributed by atoms with E-state index in [4.69, 9.17) is 10.5 Å². The van der Waals surface area contributed by atoms with Gasteiger partial charge < -0.3 is 15.8 Å². The second-order valence-corrected chi connectivity index (χ2v) is 5.03. The zero-order valence-corrected chi connectivity index (χ0v) is 11.4. The first kappa shape index (κ1) is 14.3. The number of benzene rings is 1. The minimum atomic E-state index is -0.968. The Hall–Kier alpha value is -2.11. The molecule has 2 rings (SSSR count). The summed E-state index contributed by atoms with van der Waals surface area (Å²) < 4.78 is 18.8. The number of amides is 1. The van der Waals surface area contributed by atoms with E-state index < -0.39 is 17.9 Å². The van der Waals surface area contributed by atoms with Crippen LogP contribution in [0.25, 0.3) is 0 Å². The number of carbonyl (C=O) groups excluding carboxylic acids is 2. The lowest BCUT2D eigenvalue weighted by molar-refractivity contribution is -0.129. The van der Waals surface area contributed by atoms with Crippen LogP contribution in [0.15, 0.2) is 12.1 Å². The summed E-state index contributed by atoms with van der Waals surface area (Å²) >= 11 is 0. The normalized spacial score (nSPS) is 15.6. The second-order valence-electron chi connectivity index (χ2n) is 5.03. The van der Waals surface area contributed by atoms with Crippen LogP contribution in [-0.2, 0) is 9.53 Å². The van der Waals surface area contributed by atoms with E-state index in [1.54, 1.807) is 0 Å². The third-order valence-electron chi connectivity index (χ3n) is 3.07. The molecule has 0 aliphatic heterocycles. The number of halogens is 1. The summed E-state index contributed by atoms with van der Waals surface area (Å²) in [5.74, 6) is -1.95. The topological polar surface area (TPSA) is 81.4 Å². The van der Waals surface area contributed by atoms with Crippen molar-refractivity contribution in [3.05, 3.63) is 29.1 Å². The predicted molar refractivity (Wildman–Crippen MR) is 71.6 cm³/mol. The summed E-state index contributed by atoms with van der Waals surface area (Å²) in [6.07, 6.45) is 0.912. The highest BCUT2D eigenvalue weighted by atomic mass is 19.1. The number of hydrogen-bond donors (Lipinski definition) is 2. The molecule has 1 aromatic carbocycles. The molecule has 3 N–H and O–H groups in total. The average Bonchev–Trinajstić information content (AvgIpc) is 3.17. The molecule has 0 spiro atoms. The van der Waals surface area contributed by atoms with Crippen molar-refractivity contribution in [2.45, 2.75) is 38.8 Å². The van der Waals surface area contributed by atoms with Crippen LogP contribution in [0.2, 0.25) is 0 Å². The quantitative estimate of drug-likeness (QED) is 0.647. The number of carbonyl (C=O) groups is 2. The maximum Gasteiger partial charge on any atom is 0.341 e. The van der Waals surface area contributed by atoms with Crippen LogP contribution in [0.5, 0.6) is 0 Å². The number of nitrogen functional groups attached to an aromatic ring is 1. The van der Waals surface area contributed by atoms with Crippen molar-refractivity contribution in [1.82, 2.24) is 5.32 Å². The highest BCUT2D eigenvalue weighted by molar-refractivity contribution is 5.93. The number of nitrogens with two attached hydrogens (primary N) is 1. The third kappa shape index (κ3) is 3.26. The molecular formula is C14H17FN2O3. The van der Waals surface area contributed by atoms with Gasteiger partial charge in [0.15, 0.2) is 6.10 Å². The van der Waals surface area contributed by atoms with E-state index >= 15 is 0 Å². The molecule has 108 valence electrons. The van der Waals surface area contributed by atoms with Crippen molar-refractivity contribution in [3.63, 3.8) is 0 Å². The molecule has 1 aromatic rings. The summed E-state index contributed by atoms with van der Waals surface area (Å²) in [6.45, 7) is 2.96. The molecule has 5 nitrogen and oxygen atoms in total. The molecule has 1 unspecified atom stereocenters. The van der Waals surface area contributed by atoms with Gasteiger partial charge in [-0.3, -0.25) is 4.79 Å². The van der Waals surface area contributed by atoms with Crippen LogP contribution in [0.4, 0.5) is 10.1 Å². The van der Waals surface area contributed by atoms with Gasteiger partial charge in [-0.1, -0.05) is 0 Å². The van der Waals surface area contributed by atoms with E-state index in [0.717, 1.165) is 12.8 Å². The first-order valence-electron chi connectivity index (χ1n) is 6.45. The van der Waals surface area contributed by atoms with Crippen LogP contribution in [0.1, 0.15) is 35.7 Å². The maximum absolute atomic E-state index is 13.8. The Morgan fingerprint density at radius 2 is 2.10 bits per heavy atom. The van der Waals surface area contributed by atoms with Gasteiger partial charge in [-0.15, -0.1) is 0 Å². The Morgan fingerprint density at radius 3 is 2.70 bits per heavy atom. The molecule has 0 saturated heterocycles. The van der Waals surface area contributed by atoms with Gasteiger partial charge in [-0.05, 0) is 44.4 Å². The van der Waals surface area contributed by atoms with Crippen LogP contribution >= 0.6 is 0 Å². The fraction of sp³-hybridized carbons (Fsp3) is 0.429. The van der Waals surface area contributed by atoms with Gasteiger partial charge in [-0.25, -0.2) is 9.18 Å². The predicted octanol–water partition coefficient (Wildman–Crippen LogP) is 1.54. The van der Waals surface area contributed by atoms with E-state index in [-0.39, 0.29) is 28.8 Å². The van der Waals surface area contributed by atoms with Crippen LogP contribution in [0, 0.1) is 12.7 Å². The van der Waals surface area contributed by atoms with Gasteiger partial charge in [0.1, 0.15) is 5.82 Å². The smallest absolute Gasteiger partial charge is 0.341 e. The lowest BCUT2D eigenvalue weighted by Crippen LogP contribution is -2.37. The van der Waals surface area contributed by atoms with Gasteiger partial charge in [-0.2, -0.15) is 0 Å².